The van der Waals surface area contributed by atoms with Crippen molar-refractivity contribution in [3.63, 3.8) is 0 Å². The molecule has 0 amide bonds. The maximum absolute atomic E-state index is 6.57. The van der Waals surface area contributed by atoms with Crippen molar-refractivity contribution in [2.75, 3.05) is 14.7 Å². The van der Waals surface area contributed by atoms with Crippen LogP contribution in [0.2, 0.25) is 0 Å². The number of furan rings is 3. The fourth-order valence-corrected chi connectivity index (χ4v) is 23.3. The standard InChI is InChI=1S/C48H31NO.C46H29NO.C44H27NOS/c1-2-10-32(11-3-1)34-18-24-38(25-19-34)49(40-28-22-33-12-4-5-13-36(33)30-40)39-26-20-35(21-27-39)37-23-29-46-45(31-37)47-43-16-8-6-14-41(43)42-15-7-9-17-44(42)48(47)50-46;1-3-9-39-31(7-1)13-15-34-27-37(22-24-41(34)39)47(38-23-25-42-35(28-38)16-14-32-8-2-4-10-40(32)42)36-20-17-30(18-21-36)33-19-26-46-44(29-33)43-11-5-6-12-45(43)48-46;1-2-8-35-29(7-1)13-14-31-25-33(20-22-36(31)35)45(34-21-24-44-40(27-34)38-10-4-6-12-43(38)47-44)32-18-15-28(16-19-32)30-17-23-42-39(26-30)37-9-3-5-11-41(37)46-42/h1-31H;1-29H;1-27H. The predicted molar refractivity (Wildman–Crippen MR) is 617 cm³/mol. The zero-order valence-electron chi connectivity index (χ0n) is 78.7. The molecule has 0 bridgehead atoms. The molecule has 0 spiro atoms. The van der Waals surface area contributed by atoms with Gasteiger partial charge in [0, 0.05) is 109 Å². The number of nitrogens with zero attached hydrogens (tertiary/aromatic N) is 3. The predicted octanol–water partition coefficient (Wildman–Crippen LogP) is 40.6. The minimum Gasteiger partial charge on any atom is -0.456 e. The van der Waals surface area contributed by atoms with Crippen molar-refractivity contribution in [1.82, 2.24) is 0 Å². The van der Waals surface area contributed by atoms with Gasteiger partial charge in [0.05, 0.1) is 0 Å². The second kappa shape index (κ2) is 35.1. The lowest BCUT2D eigenvalue weighted by molar-refractivity contribution is 0.668. The van der Waals surface area contributed by atoms with Gasteiger partial charge in [-0.05, 0) is 306 Å². The molecule has 0 atom stereocenters. The largest absolute Gasteiger partial charge is 0.456 e. The summed E-state index contributed by atoms with van der Waals surface area (Å²) < 4.78 is 21.4. The van der Waals surface area contributed by atoms with E-state index in [0.29, 0.717) is 0 Å². The van der Waals surface area contributed by atoms with Crippen molar-refractivity contribution in [2.45, 2.75) is 0 Å². The molecule has 6 nitrogen and oxygen atoms in total. The number of thiophene rings is 1. The van der Waals surface area contributed by atoms with E-state index < -0.39 is 0 Å². The molecular formula is C138H87N3O3S. The van der Waals surface area contributed by atoms with Crippen LogP contribution in [0.4, 0.5) is 51.2 Å². The number of fused-ring (bicyclic) bond motifs is 27. The van der Waals surface area contributed by atoms with Crippen LogP contribution in [0.3, 0.4) is 0 Å². The maximum Gasteiger partial charge on any atom is 0.143 e. The highest BCUT2D eigenvalue weighted by atomic mass is 32.1. The second-order valence-electron chi connectivity index (χ2n) is 37.7. The molecule has 145 heavy (non-hydrogen) atoms. The van der Waals surface area contributed by atoms with Crippen molar-refractivity contribution < 1.29 is 13.3 Å². The Kier molecular flexibility index (Phi) is 20.4. The van der Waals surface area contributed by atoms with Gasteiger partial charge in [-0.3, -0.25) is 0 Å². The Bertz CT molecular complexity index is 10300. The van der Waals surface area contributed by atoms with Crippen LogP contribution in [0.5, 0.6) is 0 Å². The topological polar surface area (TPSA) is 49.1 Å². The van der Waals surface area contributed by atoms with Gasteiger partial charge in [-0.2, -0.15) is 0 Å². The minimum absolute atomic E-state index is 0.906. The van der Waals surface area contributed by atoms with Crippen LogP contribution in [0.15, 0.2) is 541 Å². The van der Waals surface area contributed by atoms with E-state index in [1.807, 2.05) is 35.6 Å². The number of hydrogen-bond donors (Lipinski definition) is 0. The lowest BCUT2D eigenvalue weighted by Crippen LogP contribution is -2.10. The lowest BCUT2D eigenvalue weighted by atomic mass is 9.96. The molecule has 0 fully saturated rings. The van der Waals surface area contributed by atoms with E-state index in [4.69, 9.17) is 13.3 Å². The van der Waals surface area contributed by atoms with Crippen LogP contribution in [0.25, 0.3) is 227 Å². The van der Waals surface area contributed by atoms with Gasteiger partial charge in [-0.25, -0.2) is 0 Å². The van der Waals surface area contributed by atoms with E-state index in [1.54, 1.807) is 0 Å². The smallest absolute Gasteiger partial charge is 0.143 e. The Balaban J connectivity index is 0.000000106. The molecule has 26 aromatic carbocycles. The van der Waals surface area contributed by atoms with Crippen LogP contribution in [0, 0.1) is 0 Å². The molecule has 30 aromatic rings. The summed E-state index contributed by atoms with van der Waals surface area (Å²) >= 11 is 1.85. The Morgan fingerprint density at radius 2 is 0.414 bits per heavy atom. The van der Waals surface area contributed by atoms with Crippen LogP contribution >= 0.6 is 11.3 Å². The first-order valence-corrected chi connectivity index (χ1v) is 50.2. The fraction of sp³-hybridized carbons (Fsp3) is 0. The summed E-state index contributed by atoms with van der Waals surface area (Å²) in [4.78, 5) is 7.10. The third kappa shape index (κ3) is 15.0. The first kappa shape index (κ1) is 84.2. The number of hydrogen-bond acceptors (Lipinski definition) is 7. The van der Waals surface area contributed by atoms with E-state index in [2.05, 4.69) is 518 Å². The molecule has 0 aliphatic carbocycles. The molecule has 4 heterocycles. The van der Waals surface area contributed by atoms with Gasteiger partial charge in [0.15, 0.2) is 0 Å². The third-order valence-electron chi connectivity index (χ3n) is 29.3. The number of anilines is 9. The van der Waals surface area contributed by atoms with Crippen LogP contribution in [-0.4, -0.2) is 0 Å². The Hall–Kier alpha value is -18.9. The van der Waals surface area contributed by atoms with E-state index >= 15 is 0 Å². The summed E-state index contributed by atoms with van der Waals surface area (Å²) in [6.45, 7) is 0. The summed E-state index contributed by atoms with van der Waals surface area (Å²) in [6, 6.07) is 190. The van der Waals surface area contributed by atoms with Crippen molar-refractivity contribution in [3.8, 4) is 44.5 Å². The zero-order valence-corrected chi connectivity index (χ0v) is 79.5. The van der Waals surface area contributed by atoms with Gasteiger partial charge < -0.3 is 28.0 Å². The number of rotatable bonds is 13. The van der Waals surface area contributed by atoms with Crippen LogP contribution in [-0.2, 0) is 0 Å². The highest BCUT2D eigenvalue weighted by Gasteiger charge is 2.24. The molecule has 0 N–H and O–H groups in total. The average molecular weight is 1870 g/mol. The molecule has 0 unspecified atom stereocenters. The zero-order chi connectivity index (χ0) is 95.5. The maximum atomic E-state index is 6.57. The summed E-state index contributed by atoms with van der Waals surface area (Å²) in [5.74, 6) is 0. The fourth-order valence-electron chi connectivity index (χ4n) is 22.2. The first-order valence-electron chi connectivity index (χ1n) is 49.4. The summed E-state index contributed by atoms with van der Waals surface area (Å²) in [7, 11) is 0. The molecular weight excluding hydrogens is 1780 g/mol. The SMILES string of the molecule is c1ccc(-c2ccc(N(c3ccc(-c4ccc5oc6c7ccccc7c7ccccc7c6c5c4)cc3)c3ccc4ccccc4c3)cc2)cc1.c1ccc2c(c1)ccc1cc(N(c3ccc(-c4ccc5oc6ccccc6c5c4)cc3)c3ccc4c(ccc5ccccc54)c3)ccc12.c1ccc2c(c1)ccc1cc(N(c3ccc(-c4ccc5oc6ccccc6c5c4)cc3)c3ccc4sc5ccccc5c4c3)ccc12. The Morgan fingerprint density at radius 1 is 0.131 bits per heavy atom. The molecule has 4 aromatic heterocycles. The first-order chi connectivity index (χ1) is 71.8. The van der Waals surface area contributed by atoms with Gasteiger partial charge in [0.25, 0.3) is 0 Å². The normalized spacial score (nSPS) is 11.7. The van der Waals surface area contributed by atoms with E-state index in [-0.39, 0.29) is 0 Å². The Labute approximate surface area is 839 Å². The van der Waals surface area contributed by atoms with Crippen molar-refractivity contribution in [1.29, 1.82) is 0 Å². The molecule has 7 heteroatoms. The number of benzene rings is 26. The highest BCUT2D eigenvalue weighted by Crippen LogP contribution is 2.49. The molecule has 30 rings (SSSR count). The van der Waals surface area contributed by atoms with Gasteiger partial charge in [0.2, 0.25) is 0 Å². The van der Waals surface area contributed by atoms with Crippen molar-refractivity contribution >= 4 is 245 Å². The van der Waals surface area contributed by atoms with Gasteiger partial charge in [0.1, 0.15) is 33.5 Å². The Morgan fingerprint density at radius 3 is 0.890 bits per heavy atom. The quantitative estimate of drug-likeness (QED) is 0.107. The minimum atomic E-state index is 0.906. The van der Waals surface area contributed by atoms with Crippen molar-refractivity contribution in [3.05, 3.63) is 528 Å². The second-order valence-corrected chi connectivity index (χ2v) is 38.8. The van der Waals surface area contributed by atoms with E-state index in [1.165, 1.54) is 151 Å². The van der Waals surface area contributed by atoms with Gasteiger partial charge >= 0.3 is 0 Å². The molecule has 0 aliphatic heterocycles. The summed E-state index contributed by atoms with van der Waals surface area (Å²) in [6.07, 6.45) is 0. The van der Waals surface area contributed by atoms with E-state index in [9.17, 15) is 0 Å². The molecule has 0 saturated heterocycles. The lowest BCUT2D eigenvalue weighted by Gasteiger charge is -2.26. The molecule has 678 valence electrons. The average Bonchev–Trinajstić information content (AvgIpc) is 1.58. The third-order valence-corrected chi connectivity index (χ3v) is 30.4. The molecule has 0 radical (unpaired) electrons. The van der Waals surface area contributed by atoms with E-state index in [0.717, 1.165) is 128 Å². The van der Waals surface area contributed by atoms with Crippen LogP contribution in [0.1, 0.15) is 0 Å². The number of para-hydroxylation sites is 2. The molecule has 0 aliphatic rings. The monoisotopic (exact) mass is 1870 g/mol. The highest BCUT2D eigenvalue weighted by molar-refractivity contribution is 7.25. The summed E-state index contributed by atoms with van der Waals surface area (Å²) in [5.41, 5.74) is 25.0. The molecule has 0 saturated carbocycles. The van der Waals surface area contributed by atoms with Gasteiger partial charge in [-0.1, -0.05) is 358 Å². The van der Waals surface area contributed by atoms with Gasteiger partial charge in [-0.15, -0.1) is 11.3 Å². The van der Waals surface area contributed by atoms with Crippen molar-refractivity contribution in [2.24, 2.45) is 0 Å². The van der Waals surface area contributed by atoms with Crippen LogP contribution < -0.4 is 14.7 Å². The summed E-state index contributed by atoms with van der Waals surface area (Å²) in [5, 5.41) is 31.8.